The number of nitrogens with zero attached hydrogens (tertiary/aromatic N) is 1. The summed E-state index contributed by atoms with van der Waals surface area (Å²) in [6.07, 6.45) is 1.56. The minimum atomic E-state index is -3.91. The number of nitrogens with one attached hydrogen (secondary N) is 1. The first-order chi connectivity index (χ1) is 9.75. The number of hydrogen-bond acceptors (Lipinski definition) is 3. The molecule has 0 radical (unpaired) electrons. The molecular weight excluding hydrogens is 315 g/mol. The summed E-state index contributed by atoms with van der Waals surface area (Å²) in [6, 6.07) is 2.40. The Bertz CT molecular complexity index is 593. The van der Waals surface area contributed by atoms with E-state index in [2.05, 4.69) is 5.32 Å². The molecule has 0 saturated heterocycles. The van der Waals surface area contributed by atoms with Gasteiger partial charge in [0.2, 0.25) is 10.0 Å². The van der Waals surface area contributed by atoms with E-state index in [9.17, 15) is 12.8 Å². The lowest BCUT2D eigenvalue weighted by Gasteiger charge is -2.24. The van der Waals surface area contributed by atoms with Gasteiger partial charge in [0, 0.05) is 30.2 Å². The van der Waals surface area contributed by atoms with Crippen LogP contribution in [0.2, 0.25) is 5.02 Å². The molecule has 0 saturated carbocycles. The van der Waals surface area contributed by atoms with Crippen molar-refractivity contribution in [2.75, 3.05) is 14.1 Å². The second-order valence-corrected chi connectivity index (χ2v) is 7.47. The molecule has 1 N–H and O–H groups in total. The Labute approximate surface area is 131 Å². The van der Waals surface area contributed by atoms with Crippen LogP contribution in [0.25, 0.3) is 0 Å². The van der Waals surface area contributed by atoms with Crippen LogP contribution >= 0.6 is 11.6 Å². The Morgan fingerprint density at radius 3 is 2.57 bits per heavy atom. The fourth-order valence-electron chi connectivity index (χ4n) is 2.12. The highest BCUT2D eigenvalue weighted by molar-refractivity contribution is 7.89. The topological polar surface area (TPSA) is 49.4 Å². The molecule has 21 heavy (non-hydrogen) atoms. The first kappa shape index (κ1) is 18.4. The minimum Gasteiger partial charge on any atom is -0.316 e. The van der Waals surface area contributed by atoms with Crippen LogP contribution in [-0.4, -0.2) is 32.9 Å². The highest BCUT2D eigenvalue weighted by Gasteiger charge is 2.29. The molecule has 7 heteroatoms. The van der Waals surface area contributed by atoms with Crippen LogP contribution in [0.1, 0.15) is 32.3 Å². The van der Waals surface area contributed by atoms with Gasteiger partial charge in [0.1, 0.15) is 10.7 Å². The molecule has 0 spiro atoms. The van der Waals surface area contributed by atoms with Crippen molar-refractivity contribution in [3.05, 3.63) is 28.5 Å². The standard InChI is InChI=1S/C14H22ClFN2O2S/c1-5-6-10(2)18(4)21(19,20)13-8-12(15)7-11(9-17-3)14(13)16/h7-8,10,17H,5-6,9H2,1-4H3. The fourth-order valence-corrected chi connectivity index (χ4v) is 3.95. The maximum absolute atomic E-state index is 14.4. The van der Waals surface area contributed by atoms with E-state index < -0.39 is 15.8 Å². The first-order valence-corrected chi connectivity index (χ1v) is 8.68. The molecule has 0 heterocycles. The van der Waals surface area contributed by atoms with Crippen molar-refractivity contribution in [3.8, 4) is 0 Å². The summed E-state index contributed by atoms with van der Waals surface area (Å²) in [6.45, 7) is 3.99. The second-order valence-electron chi connectivity index (χ2n) is 5.07. The summed E-state index contributed by atoms with van der Waals surface area (Å²) >= 11 is 5.93. The summed E-state index contributed by atoms with van der Waals surface area (Å²) in [5, 5.41) is 3.00. The average Bonchev–Trinajstić information content (AvgIpc) is 2.41. The van der Waals surface area contributed by atoms with Gasteiger partial charge in [0.15, 0.2) is 0 Å². The Kier molecular flexibility index (Phi) is 6.59. The van der Waals surface area contributed by atoms with Crippen molar-refractivity contribution in [2.24, 2.45) is 0 Å². The molecule has 0 aliphatic carbocycles. The Morgan fingerprint density at radius 2 is 2.05 bits per heavy atom. The zero-order valence-electron chi connectivity index (χ0n) is 12.8. The van der Waals surface area contributed by atoms with Gasteiger partial charge < -0.3 is 5.32 Å². The van der Waals surface area contributed by atoms with Crippen LogP contribution in [0.5, 0.6) is 0 Å². The Balaban J connectivity index is 3.31. The maximum Gasteiger partial charge on any atom is 0.246 e. The summed E-state index contributed by atoms with van der Waals surface area (Å²) in [7, 11) is -0.786. The second kappa shape index (κ2) is 7.54. The lowest BCUT2D eigenvalue weighted by molar-refractivity contribution is 0.366. The van der Waals surface area contributed by atoms with Crippen molar-refractivity contribution in [1.29, 1.82) is 0 Å². The van der Waals surface area contributed by atoms with Gasteiger partial charge in [0.25, 0.3) is 0 Å². The van der Waals surface area contributed by atoms with Gasteiger partial charge in [-0.2, -0.15) is 4.31 Å². The molecule has 0 aliphatic rings. The molecule has 4 nitrogen and oxygen atoms in total. The van der Waals surface area contributed by atoms with E-state index in [1.165, 1.54) is 23.5 Å². The number of halogens is 2. The zero-order chi connectivity index (χ0) is 16.2. The Morgan fingerprint density at radius 1 is 1.43 bits per heavy atom. The van der Waals surface area contributed by atoms with Gasteiger partial charge >= 0.3 is 0 Å². The molecule has 0 aromatic heterocycles. The highest BCUT2D eigenvalue weighted by atomic mass is 35.5. The summed E-state index contributed by atoms with van der Waals surface area (Å²) < 4.78 is 40.8. The molecule has 120 valence electrons. The quantitative estimate of drug-likeness (QED) is 0.832. The lowest BCUT2D eigenvalue weighted by Crippen LogP contribution is -2.35. The summed E-state index contributed by atoms with van der Waals surface area (Å²) in [5.74, 6) is -0.746. The SMILES string of the molecule is CCCC(C)N(C)S(=O)(=O)c1cc(Cl)cc(CNC)c1F. The summed E-state index contributed by atoms with van der Waals surface area (Å²) in [5.41, 5.74) is 0.236. The highest BCUT2D eigenvalue weighted by Crippen LogP contribution is 2.27. The fraction of sp³-hybridized carbons (Fsp3) is 0.571. The molecule has 1 unspecified atom stereocenters. The van der Waals surface area contributed by atoms with E-state index in [1.54, 1.807) is 14.0 Å². The monoisotopic (exact) mass is 336 g/mol. The van der Waals surface area contributed by atoms with Crippen LogP contribution in [0.15, 0.2) is 17.0 Å². The van der Waals surface area contributed by atoms with Crippen LogP contribution in [0.3, 0.4) is 0 Å². The third kappa shape index (κ3) is 4.16. The number of hydrogen-bond donors (Lipinski definition) is 1. The van der Waals surface area contributed by atoms with Crippen molar-refractivity contribution >= 4 is 21.6 Å². The van der Waals surface area contributed by atoms with Gasteiger partial charge in [0.05, 0.1) is 0 Å². The normalized spacial score (nSPS) is 13.7. The molecule has 1 aromatic rings. The van der Waals surface area contributed by atoms with Gasteiger partial charge in [-0.15, -0.1) is 0 Å². The number of sulfonamides is 1. The van der Waals surface area contributed by atoms with Crippen molar-refractivity contribution in [1.82, 2.24) is 9.62 Å². The van der Waals surface area contributed by atoms with Crippen LogP contribution in [0.4, 0.5) is 4.39 Å². The lowest BCUT2D eigenvalue weighted by atomic mass is 10.2. The van der Waals surface area contributed by atoms with Gasteiger partial charge in [-0.25, -0.2) is 12.8 Å². The maximum atomic E-state index is 14.4. The molecule has 0 aliphatic heterocycles. The van der Waals surface area contributed by atoms with Crippen LogP contribution in [0, 0.1) is 5.82 Å². The molecular formula is C14H22ClFN2O2S. The third-order valence-electron chi connectivity index (χ3n) is 3.43. The van der Waals surface area contributed by atoms with Gasteiger partial charge in [-0.05, 0) is 32.5 Å². The molecule has 1 aromatic carbocycles. The number of rotatable bonds is 7. The molecule has 1 atom stereocenters. The molecule has 0 fully saturated rings. The molecule has 1 rings (SSSR count). The van der Waals surface area contributed by atoms with Crippen molar-refractivity contribution in [3.63, 3.8) is 0 Å². The van der Waals surface area contributed by atoms with Crippen molar-refractivity contribution in [2.45, 2.75) is 44.2 Å². The number of benzene rings is 1. The zero-order valence-corrected chi connectivity index (χ0v) is 14.4. The summed E-state index contributed by atoms with van der Waals surface area (Å²) in [4.78, 5) is -0.370. The Hall–Kier alpha value is -0.690. The minimum absolute atomic E-state index is 0.203. The predicted octanol–water partition coefficient (Wildman–Crippen LogP) is 3.01. The van der Waals surface area contributed by atoms with E-state index >= 15 is 0 Å². The van der Waals surface area contributed by atoms with E-state index in [-0.39, 0.29) is 28.1 Å². The average molecular weight is 337 g/mol. The van der Waals surface area contributed by atoms with Crippen LogP contribution < -0.4 is 5.32 Å². The third-order valence-corrected chi connectivity index (χ3v) is 5.62. The van der Waals surface area contributed by atoms with E-state index in [1.807, 2.05) is 6.92 Å². The van der Waals surface area contributed by atoms with E-state index in [0.717, 1.165) is 6.42 Å². The van der Waals surface area contributed by atoms with E-state index in [0.29, 0.717) is 6.42 Å². The van der Waals surface area contributed by atoms with Gasteiger partial charge in [-0.1, -0.05) is 24.9 Å². The first-order valence-electron chi connectivity index (χ1n) is 6.86. The van der Waals surface area contributed by atoms with Crippen LogP contribution in [-0.2, 0) is 16.6 Å². The van der Waals surface area contributed by atoms with Gasteiger partial charge in [-0.3, -0.25) is 0 Å². The van der Waals surface area contributed by atoms with Crippen molar-refractivity contribution < 1.29 is 12.8 Å². The molecule has 0 bridgehead atoms. The smallest absolute Gasteiger partial charge is 0.246 e. The van der Waals surface area contributed by atoms with E-state index in [4.69, 9.17) is 11.6 Å². The predicted molar refractivity (Wildman–Crippen MR) is 83.5 cm³/mol. The largest absolute Gasteiger partial charge is 0.316 e. The molecule has 0 amide bonds.